The predicted molar refractivity (Wildman–Crippen MR) is 83.3 cm³/mol. The van der Waals surface area contributed by atoms with Crippen LogP contribution in [0, 0.1) is 34.6 Å². The van der Waals surface area contributed by atoms with Crippen molar-refractivity contribution in [3.63, 3.8) is 0 Å². The van der Waals surface area contributed by atoms with Gasteiger partial charge in [-0.25, -0.2) is 0 Å². The van der Waals surface area contributed by atoms with E-state index in [1.165, 1.54) is 16.7 Å². The molecule has 0 fully saturated rings. The van der Waals surface area contributed by atoms with E-state index < -0.39 is 0 Å². The Morgan fingerprint density at radius 3 is 1.90 bits per heavy atom. The van der Waals surface area contributed by atoms with E-state index in [1.807, 2.05) is 13.8 Å². The van der Waals surface area contributed by atoms with E-state index in [-0.39, 0.29) is 12.5 Å². The first-order valence-electron chi connectivity index (χ1n) is 6.94. The number of carbonyl (C=O) groups excluding carboxylic acids is 1. The number of amides is 1. The van der Waals surface area contributed by atoms with Gasteiger partial charge in [0.15, 0.2) is 0 Å². The van der Waals surface area contributed by atoms with Gasteiger partial charge in [-0.15, -0.1) is 6.58 Å². The zero-order chi connectivity index (χ0) is 15.4. The van der Waals surface area contributed by atoms with Crippen molar-refractivity contribution in [3.05, 3.63) is 46.0 Å². The van der Waals surface area contributed by atoms with Gasteiger partial charge >= 0.3 is 0 Å². The third-order valence-electron chi connectivity index (χ3n) is 4.22. The summed E-state index contributed by atoms with van der Waals surface area (Å²) in [6.07, 6.45) is 1.69. The van der Waals surface area contributed by atoms with Crippen molar-refractivity contribution in [2.24, 2.45) is 0 Å². The second-order valence-corrected chi connectivity index (χ2v) is 5.26. The zero-order valence-electron chi connectivity index (χ0n) is 13.2. The molecule has 0 heterocycles. The molecule has 1 rings (SSSR count). The molecule has 0 radical (unpaired) electrons. The van der Waals surface area contributed by atoms with Gasteiger partial charge in [0.2, 0.25) is 0 Å². The first-order chi connectivity index (χ1) is 9.36. The topological polar surface area (TPSA) is 40.5 Å². The van der Waals surface area contributed by atoms with Crippen LogP contribution < -0.4 is 0 Å². The van der Waals surface area contributed by atoms with Gasteiger partial charge in [0, 0.05) is 18.7 Å². The Morgan fingerprint density at radius 2 is 1.50 bits per heavy atom. The molecule has 1 aromatic rings. The quantitative estimate of drug-likeness (QED) is 0.839. The summed E-state index contributed by atoms with van der Waals surface area (Å²) in [5.74, 6) is -0.0276. The van der Waals surface area contributed by atoms with E-state index in [4.69, 9.17) is 5.11 Å². The molecule has 1 aromatic carbocycles. The van der Waals surface area contributed by atoms with Crippen LogP contribution in [0.1, 0.15) is 38.2 Å². The highest BCUT2D eigenvalue weighted by molar-refractivity contribution is 5.98. The van der Waals surface area contributed by atoms with Crippen molar-refractivity contribution >= 4 is 5.91 Å². The van der Waals surface area contributed by atoms with Gasteiger partial charge in [-0.3, -0.25) is 4.79 Å². The lowest BCUT2D eigenvalue weighted by Gasteiger charge is -2.24. The Bertz CT molecular complexity index is 503. The summed E-state index contributed by atoms with van der Waals surface area (Å²) in [5.41, 5.74) is 6.40. The largest absolute Gasteiger partial charge is 0.395 e. The molecule has 0 unspecified atom stereocenters. The van der Waals surface area contributed by atoms with Gasteiger partial charge < -0.3 is 10.0 Å². The molecule has 3 nitrogen and oxygen atoms in total. The van der Waals surface area contributed by atoms with Crippen LogP contribution in [-0.4, -0.2) is 35.6 Å². The molecule has 0 aliphatic carbocycles. The van der Waals surface area contributed by atoms with Crippen LogP contribution in [0.5, 0.6) is 0 Å². The second-order valence-electron chi connectivity index (χ2n) is 5.26. The summed E-state index contributed by atoms with van der Waals surface area (Å²) in [6, 6.07) is 0. The van der Waals surface area contributed by atoms with E-state index >= 15 is 0 Å². The van der Waals surface area contributed by atoms with Gasteiger partial charge in [-0.05, 0) is 62.4 Å². The molecule has 20 heavy (non-hydrogen) atoms. The van der Waals surface area contributed by atoms with Gasteiger partial charge in [-0.2, -0.15) is 0 Å². The van der Waals surface area contributed by atoms with E-state index in [2.05, 4.69) is 27.4 Å². The summed E-state index contributed by atoms with van der Waals surface area (Å²) in [7, 11) is 0. The van der Waals surface area contributed by atoms with Crippen LogP contribution in [0.2, 0.25) is 0 Å². The van der Waals surface area contributed by atoms with E-state index in [0.717, 1.165) is 16.7 Å². The zero-order valence-corrected chi connectivity index (χ0v) is 13.2. The molecule has 0 saturated heterocycles. The van der Waals surface area contributed by atoms with Crippen molar-refractivity contribution in [3.8, 4) is 0 Å². The number of aliphatic hydroxyl groups excluding tert-OH is 1. The van der Waals surface area contributed by atoms with Crippen molar-refractivity contribution in [1.29, 1.82) is 0 Å². The molecular formula is C17H25NO2. The predicted octanol–water partition coefficient (Wildman–Crippen LogP) is 2.85. The van der Waals surface area contributed by atoms with Crippen LogP contribution >= 0.6 is 0 Å². The molecule has 3 heteroatoms. The number of rotatable bonds is 5. The fourth-order valence-corrected chi connectivity index (χ4v) is 2.53. The van der Waals surface area contributed by atoms with Crippen molar-refractivity contribution in [1.82, 2.24) is 4.90 Å². The highest BCUT2D eigenvalue weighted by Gasteiger charge is 2.22. The Labute approximate surface area is 121 Å². The van der Waals surface area contributed by atoms with E-state index in [0.29, 0.717) is 13.1 Å². The molecule has 1 N–H and O–H groups in total. The monoisotopic (exact) mass is 275 g/mol. The minimum absolute atomic E-state index is 0.0276. The number of hydrogen-bond acceptors (Lipinski definition) is 2. The van der Waals surface area contributed by atoms with Crippen molar-refractivity contribution in [2.45, 2.75) is 34.6 Å². The molecule has 0 aliphatic rings. The number of aliphatic hydroxyl groups is 1. The Kier molecular flexibility index (Phi) is 5.52. The van der Waals surface area contributed by atoms with E-state index in [1.54, 1.807) is 11.0 Å². The lowest BCUT2D eigenvalue weighted by Crippen LogP contribution is -2.35. The van der Waals surface area contributed by atoms with E-state index in [9.17, 15) is 4.79 Å². The number of carbonyl (C=O) groups is 1. The molecule has 1 amide bonds. The van der Waals surface area contributed by atoms with Gasteiger partial charge in [0.1, 0.15) is 0 Å². The summed E-state index contributed by atoms with van der Waals surface area (Å²) in [6.45, 7) is 14.6. The molecule has 0 aliphatic heterocycles. The lowest BCUT2D eigenvalue weighted by molar-refractivity contribution is 0.0741. The summed E-state index contributed by atoms with van der Waals surface area (Å²) in [4.78, 5) is 14.4. The van der Waals surface area contributed by atoms with Gasteiger partial charge in [0.05, 0.1) is 6.61 Å². The summed E-state index contributed by atoms with van der Waals surface area (Å²) in [5, 5.41) is 9.12. The third-order valence-corrected chi connectivity index (χ3v) is 4.22. The van der Waals surface area contributed by atoms with Crippen LogP contribution in [0.4, 0.5) is 0 Å². The fraction of sp³-hybridized carbons (Fsp3) is 0.471. The maximum absolute atomic E-state index is 12.7. The average molecular weight is 275 g/mol. The molecule has 0 spiro atoms. The van der Waals surface area contributed by atoms with Gasteiger partial charge in [-0.1, -0.05) is 6.08 Å². The van der Waals surface area contributed by atoms with Crippen LogP contribution in [-0.2, 0) is 0 Å². The van der Waals surface area contributed by atoms with Gasteiger partial charge in [0.25, 0.3) is 5.91 Å². The first-order valence-corrected chi connectivity index (χ1v) is 6.94. The molecule has 0 saturated carbocycles. The lowest BCUT2D eigenvalue weighted by atomic mass is 9.89. The SMILES string of the molecule is C=CCN(CCO)C(=O)c1c(C)c(C)c(C)c(C)c1C. The summed E-state index contributed by atoms with van der Waals surface area (Å²) < 4.78 is 0. The smallest absolute Gasteiger partial charge is 0.254 e. The standard InChI is InChI=1S/C17H25NO2/c1-7-8-18(9-10-19)17(20)16-14(5)12(3)11(2)13(4)15(16)6/h7,19H,1,8-10H2,2-6H3. The molecule has 110 valence electrons. The molecule has 0 atom stereocenters. The first kappa shape index (κ1) is 16.4. The highest BCUT2D eigenvalue weighted by Crippen LogP contribution is 2.27. The average Bonchev–Trinajstić information content (AvgIpc) is 2.43. The Morgan fingerprint density at radius 1 is 1.05 bits per heavy atom. The summed E-state index contributed by atoms with van der Waals surface area (Å²) >= 11 is 0. The van der Waals surface area contributed by atoms with Crippen molar-refractivity contribution in [2.75, 3.05) is 19.7 Å². The molecular weight excluding hydrogens is 250 g/mol. The highest BCUT2D eigenvalue weighted by atomic mass is 16.3. The Hall–Kier alpha value is -1.61. The molecule has 0 aromatic heterocycles. The maximum Gasteiger partial charge on any atom is 0.254 e. The Balaban J connectivity index is 3.38. The molecule has 0 bridgehead atoms. The number of nitrogens with zero attached hydrogens (tertiary/aromatic N) is 1. The number of benzene rings is 1. The van der Waals surface area contributed by atoms with Crippen molar-refractivity contribution < 1.29 is 9.90 Å². The third kappa shape index (κ3) is 2.93. The normalized spacial score (nSPS) is 10.5. The minimum Gasteiger partial charge on any atom is -0.395 e. The number of hydrogen-bond donors (Lipinski definition) is 1. The van der Waals surface area contributed by atoms with Crippen LogP contribution in [0.15, 0.2) is 12.7 Å². The maximum atomic E-state index is 12.7. The minimum atomic E-state index is -0.0402. The fourth-order valence-electron chi connectivity index (χ4n) is 2.53. The van der Waals surface area contributed by atoms with Crippen LogP contribution in [0.25, 0.3) is 0 Å². The second kappa shape index (κ2) is 6.71. The van der Waals surface area contributed by atoms with Crippen LogP contribution in [0.3, 0.4) is 0 Å².